The number of allylic oxidation sites excluding steroid dienone is 7. The van der Waals surface area contributed by atoms with Gasteiger partial charge in [0.1, 0.15) is 0 Å². The number of amides is 1. The van der Waals surface area contributed by atoms with Gasteiger partial charge in [-0.1, -0.05) is 223 Å². The smallest absolute Gasteiger partial charge is 0.305 e. The van der Waals surface area contributed by atoms with Crippen LogP contribution < -0.4 is 5.32 Å². The van der Waals surface area contributed by atoms with Crippen molar-refractivity contribution < 1.29 is 24.5 Å². The Hall–Kier alpha value is -2.18. The van der Waals surface area contributed by atoms with Crippen LogP contribution in [0.5, 0.6) is 0 Å². The second-order valence-electron chi connectivity index (χ2n) is 18.5. The van der Waals surface area contributed by atoms with Gasteiger partial charge in [-0.05, 0) is 89.9 Å². The molecule has 0 aliphatic heterocycles. The maximum Gasteiger partial charge on any atom is 0.305 e. The lowest BCUT2D eigenvalue weighted by molar-refractivity contribution is -0.143. The van der Waals surface area contributed by atoms with Gasteiger partial charge in [0.25, 0.3) is 0 Å². The van der Waals surface area contributed by atoms with Gasteiger partial charge in [-0.25, -0.2) is 0 Å². The van der Waals surface area contributed by atoms with Crippen LogP contribution in [0, 0.1) is 0 Å². The number of nitrogens with one attached hydrogen (secondary N) is 1. The van der Waals surface area contributed by atoms with Gasteiger partial charge in [-0.15, -0.1) is 0 Å². The number of hydrogen-bond donors (Lipinski definition) is 3. The first kappa shape index (κ1) is 60.8. The Balaban J connectivity index is 3.56. The van der Waals surface area contributed by atoms with Crippen LogP contribution in [0.1, 0.15) is 277 Å². The molecule has 0 aromatic carbocycles. The first-order valence-corrected chi connectivity index (χ1v) is 27.4. The van der Waals surface area contributed by atoms with Crippen molar-refractivity contribution in [2.24, 2.45) is 0 Å². The van der Waals surface area contributed by atoms with E-state index in [0.717, 1.165) is 89.9 Å². The molecule has 2 unspecified atom stereocenters. The molecule has 0 fully saturated rings. The summed E-state index contributed by atoms with van der Waals surface area (Å²) < 4.78 is 5.44. The van der Waals surface area contributed by atoms with Crippen LogP contribution in [-0.2, 0) is 14.3 Å². The van der Waals surface area contributed by atoms with E-state index < -0.39 is 12.1 Å². The third-order valence-corrected chi connectivity index (χ3v) is 12.3. The van der Waals surface area contributed by atoms with Gasteiger partial charge in [0.2, 0.25) is 5.91 Å². The standard InChI is InChI=1S/C57H105NO5/c1-3-5-7-9-11-13-15-17-19-21-23-24-26-29-33-37-41-45-49-55(60)54(53-59)58-56(61)50-46-42-38-34-30-28-32-36-40-44-48-52-63-57(62)51-47-43-39-35-31-27-25-22-20-18-16-14-12-10-8-6-4-2/h12,14,18,20,32,36,45,49,54-55,59-60H,3-11,13,15-17,19,21-31,33-35,37-44,46-48,50-53H2,1-2H3,(H,58,61)/b14-12-,20-18-,36-32-,49-45+. The summed E-state index contributed by atoms with van der Waals surface area (Å²) in [6, 6.07) is -0.651. The summed E-state index contributed by atoms with van der Waals surface area (Å²) in [5, 5.41) is 23.1. The molecule has 0 spiro atoms. The third kappa shape index (κ3) is 49.1. The van der Waals surface area contributed by atoms with Gasteiger partial charge in [-0.2, -0.15) is 0 Å². The van der Waals surface area contributed by atoms with Gasteiger partial charge < -0.3 is 20.3 Å². The Bertz CT molecular complexity index is 1070. The van der Waals surface area contributed by atoms with Crippen LogP contribution in [0.2, 0.25) is 0 Å². The van der Waals surface area contributed by atoms with Crippen molar-refractivity contribution in [2.45, 2.75) is 289 Å². The summed E-state index contributed by atoms with van der Waals surface area (Å²) in [5.41, 5.74) is 0. The van der Waals surface area contributed by atoms with E-state index in [-0.39, 0.29) is 18.5 Å². The Morgan fingerprint density at radius 1 is 0.444 bits per heavy atom. The van der Waals surface area contributed by atoms with E-state index in [4.69, 9.17) is 4.74 Å². The van der Waals surface area contributed by atoms with Crippen LogP contribution in [0.3, 0.4) is 0 Å². The molecule has 0 saturated heterocycles. The number of ether oxygens (including phenoxy) is 1. The molecule has 368 valence electrons. The number of unbranched alkanes of at least 4 members (excludes halogenated alkanes) is 33. The van der Waals surface area contributed by atoms with Crippen molar-refractivity contribution in [3.63, 3.8) is 0 Å². The number of hydrogen-bond acceptors (Lipinski definition) is 5. The molecule has 63 heavy (non-hydrogen) atoms. The number of carbonyl (C=O) groups is 2. The van der Waals surface area contributed by atoms with Gasteiger partial charge >= 0.3 is 5.97 Å². The number of carbonyl (C=O) groups excluding carboxylic acids is 2. The summed E-state index contributed by atoms with van der Waals surface area (Å²) in [6.45, 7) is 4.80. The van der Waals surface area contributed by atoms with E-state index in [1.807, 2.05) is 6.08 Å². The minimum absolute atomic E-state index is 0.0412. The van der Waals surface area contributed by atoms with Crippen molar-refractivity contribution in [2.75, 3.05) is 13.2 Å². The molecule has 2 atom stereocenters. The topological polar surface area (TPSA) is 95.9 Å². The van der Waals surface area contributed by atoms with E-state index in [0.29, 0.717) is 19.4 Å². The Kier molecular flexibility index (Phi) is 50.6. The lowest BCUT2D eigenvalue weighted by Gasteiger charge is -2.20. The predicted octanol–water partition coefficient (Wildman–Crippen LogP) is 16.6. The quantitative estimate of drug-likeness (QED) is 0.0321. The van der Waals surface area contributed by atoms with Gasteiger partial charge in [0.05, 0.1) is 25.4 Å². The number of esters is 1. The van der Waals surface area contributed by atoms with Crippen molar-refractivity contribution >= 4 is 11.9 Å². The summed E-state index contributed by atoms with van der Waals surface area (Å²) in [7, 11) is 0. The first-order valence-electron chi connectivity index (χ1n) is 27.4. The third-order valence-electron chi connectivity index (χ3n) is 12.3. The molecular weight excluding hydrogens is 779 g/mol. The Morgan fingerprint density at radius 2 is 0.794 bits per heavy atom. The molecule has 6 heteroatoms. The molecule has 0 radical (unpaired) electrons. The van der Waals surface area contributed by atoms with Crippen molar-refractivity contribution in [3.8, 4) is 0 Å². The Morgan fingerprint density at radius 3 is 1.25 bits per heavy atom. The van der Waals surface area contributed by atoms with Gasteiger partial charge in [0.15, 0.2) is 0 Å². The van der Waals surface area contributed by atoms with E-state index in [2.05, 4.69) is 55.6 Å². The lowest BCUT2D eigenvalue weighted by Crippen LogP contribution is -2.45. The van der Waals surface area contributed by atoms with E-state index in [1.165, 1.54) is 161 Å². The molecule has 0 bridgehead atoms. The first-order chi connectivity index (χ1) is 31.0. The van der Waals surface area contributed by atoms with Crippen LogP contribution in [0.25, 0.3) is 0 Å². The minimum Gasteiger partial charge on any atom is -0.466 e. The zero-order valence-corrected chi connectivity index (χ0v) is 41.8. The highest BCUT2D eigenvalue weighted by Crippen LogP contribution is 2.15. The fraction of sp³-hybridized carbons (Fsp3) is 0.825. The van der Waals surface area contributed by atoms with Crippen molar-refractivity contribution in [1.82, 2.24) is 5.32 Å². The number of aliphatic hydroxyl groups is 2. The fourth-order valence-corrected chi connectivity index (χ4v) is 8.07. The minimum atomic E-state index is -0.864. The molecule has 6 nitrogen and oxygen atoms in total. The van der Waals surface area contributed by atoms with Gasteiger partial charge in [-0.3, -0.25) is 9.59 Å². The molecular formula is C57H105NO5. The molecule has 1 amide bonds. The molecule has 0 aliphatic rings. The summed E-state index contributed by atoms with van der Waals surface area (Å²) in [5.74, 6) is -0.139. The largest absolute Gasteiger partial charge is 0.466 e. The zero-order chi connectivity index (χ0) is 45.8. The summed E-state index contributed by atoms with van der Waals surface area (Å²) in [4.78, 5) is 24.5. The fourth-order valence-electron chi connectivity index (χ4n) is 8.07. The van der Waals surface area contributed by atoms with Crippen LogP contribution in [0.15, 0.2) is 48.6 Å². The molecule has 3 N–H and O–H groups in total. The molecule has 0 aliphatic carbocycles. The van der Waals surface area contributed by atoms with Gasteiger partial charge in [0, 0.05) is 12.8 Å². The average molecular weight is 884 g/mol. The predicted molar refractivity (Wildman–Crippen MR) is 273 cm³/mol. The second kappa shape index (κ2) is 52.4. The van der Waals surface area contributed by atoms with Crippen molar-refractivity contribution in [1.29, 1.82) is 0 Å². The summed E-state index contributed by atoms with van der Waals surface area (Å²) >= 11 is 0. The monoisotopic (exact) mass is 884 g/mol. The highest BCUT2D eigenvalue weighted by Gasteiger charge is 2.18. The molecule has 0 aromatic heterocycles. The van der Waals surface area contributed by atoms with Crippen LogP contribution >= 0.6 is 0 Å². The maximum absolute atomic E-state index is 12.4. The highest BCUT2D eigenvalue weighted by molar-refractivity contribution is 5.76. The zero-order valence-electron chi connectivity index (χ0n) is 41.8. The maximum atomic E-state index is 12.4. The Labute approximate surface area is 391 Å². The highest BCUT2D eigenvalue weighted by atomic mass is 16.5. The normalized spacial score (nSPS) is 13.0. The van der Waals surface area contributed by atoms with Crippen LogP contribution in [0.4, 0.5) is 0 Å². The van der Waals surface area contributed by atoms with Crippen molar-refractivity contribution in [3.05, 3.63) is 48.6 Å². The SMILES string of the molecule is CCCCC/C=C\C/C=C\CCCCCCCCCC(=O)OCCCC/C=C\CCCCCCCC(=O)NC(CO)C(O)/C=C/CCCCCCCCCCCCCCCCCC. The molecule has 0 aromatic rings. The lowest BCUT2D eigenvalue weighted by atomic mass is 10.0. The molecule has 0 heterocycles. The number of rotatable bonds is 50. The summed E-state index contributed by atoms with van der Waals surface area (Å²) in [6.07, 6.45) is 65.5. The molecule has 0 rings (SSSR count). The molecule has 0 saturated carbocycles. The number of aliphatic hydroxyl groups excluding tert-OH is 2. The van der Waals surface area contributed by atoms with E-state index in [1.54, 1.807) is 6.08 Å². The van der Waals surface area contributed by atoms with E-state index in [9.17, 15) is 19.8 Å². The van der Waals surface area contributed by atoms with E-state index >= 15 is 0 Å². The second-order valence-corrected chi connectivity index (χ2v) is 18.5. The van der Waals surface area contributed by atoms with Crippen LogP contribution in [-0.4, -0.2) is 47.4 Å². The average Bonchev–Trinajstić information content (AvgIpc) is 3.28.